The standard InChI is InChI=1S/C17H32N4O3.HI/c1-2-18-17(19-8-4-11-21-10-3-6-16(21)22)20-9-5-12-24-15-7-13-23-14-15;/h15H,2-14H2,1H3,(H2,18,19,20);1H. The zero-order valence-corrected chi connectivity index (χ0v) is 17.6. The Labute approximate surface area is 168 Å². The molecule has 2 fully saturated rings. The van der Waals surface area contributed by atoms with Crippen LogP contribution in [0.2, 0.25) is 0 Å². The topological polar surface area (TPSA) is 75.2 Å². The zero-order valence-electron chi connectivity index (χ0n) is 15.3. The predicted octanol–water partition coefficient (Wildman–Crippen LogP) is 1.37. The van der Waals surface area contributed by atoms with E-state index in [1.807, 2.05) is 4.90 Å². The van der Waals surface area contributed by atoms with E-state index in [2.05, 4.69) is 22.5 Å². The van der Waals surface area contributed by atoms with Gasteiger partial charge in [0.1, 0.15) is 0 Å². The van der Waals surface area contributed by atoms with E-state index in [4.69, 9.17) is 9.47 Å². The number of amides is 1. The minimum Gasteiger partial charge on any atom is -0.379 e. The molecule has 25 heavy (non-hydrogen) atoms. The third-order valence-corrected chi connectivity index (χ3v) is 4.23. The number of rotatable bonds is 10. The van der Waals surface area contributed by atoms with Gasteiger partial charge in [0.05, 0.1) is 12.7 Å². The lowest BCUT2D eigenvalue weighted by molar-refractivity contribution is -0.127. The number of hydrogen-bond acceptors (Lipinski definition) is 4. The number of nitrogens with zero attached hydrogens (tertiary/aromatic N) is 2. The summed E-state index contributed by atoms with van der Waals surface area (Å²) in [5, 5.41) is 6.58. The molecule has 146 valence electrons. The quantitative estimate of drug-likeness (QED) is 0.219. The SMILES string of the molecule is CCNC(=NCCCN1CCCC1=O)NCCCOC1CCOC1.I. The van der Waals surface area contributed by atoms with Crippen molar-refractivity contribution >= 4 is 35.8 Å². The molecule has 2 rings (SSSR count). The second kappa shape index (κ2) is 13.6. The number of halogens is 1. The molecule has 2 aliphatic heterocycles. The molecule has 0 saturated carbocycles. The first-order valence-corrected chi connectivity index (χ1v) is 9.29. The van der Waals surface area contributed by atoms with Crippen LogP contribution in [0, 0.1) is 0 Å². The van der Waals surface area contributed by atoms with E-state index in [-0.39, 0.29) is 36.0 Å². The Morgan fingerprint density at radius 2 is 2.28 bits per heavy atom. The highest BCUT2D eigenvalue weighted by atomic mass is 127. The molecular weight excluding hydrogens is 435 g/mol. The van der Waals surface area contributed by atoms with Crippen LogP contribution < -0.4 is 10.6 Å². The number of hydrogen-bond donors (Lipinski definition) is 2. The minimum atomic E-state index is 0. The summed E-state index contributed by atoms with van der Waals surface area (Å²) < 4.78 is 11.0. The first-order valence-electron chi connectivity index (χ1n) is 9.29. The smallest absolute Gasteiger partial charge is 0.222 e. The van der Waals surface area contributed by atoms with Gasteiger partial charge in [0, 0.05) is 52.4 Å². The Hall–Kier alpha value is -0.610. The molecular formula is C17H33IN4O3. The average Bonchev–Trinajstić information content (AvgIpc) is 3.23. The van der Waals surface area contributed by atoms with Gasteiger partial charge in [0.25, 0.3) is 0 Å². The van der Waals surface area contributed by atoms with Gasteiger partial charge >= 0.3 is 0 Å². The molecule has 0 radical (unpaired) electrons. The molecule has 0 spiro atoms. The highest BCUT2D eigenvalue weighted by Crippen LogP contribution is 2.09. The first-order chi connectivity index (χ1) is 11.8. The number of likely N-dealkylation sites (tertiary alicyclic amines) is 1. The molecule has 1 unspecified atom stereocenters. The molecule has 0 bridgehead atoms. The van der Waals surface area contributed by atoms with Gasteiger partial charge in [0.15, 0.2) is 5.96 Å². The lowest BCUT2D eigenvalue weighted by Crippen LogP contribution is -2.38. The molecule has 2 saturated heterocycles. The average molecular weight is 468 g/mol. The zero-order chi connectivity index (χ0) is 17.0. The van der Waals surface area contributed by atoms with Crippen LogP contribution in [-0.4, -0.2) is 75.4 Å². The van der Waals surface area contributed by atoms with Crippen LogP contribution in [-0.2, 0) is 14.3 Å². The molecule has 0 aromatic rings. The summed E-state index contributed by atoms with van der Waals surface area (Å²) in [7, 11) is 0. The Morgan fingerprint density at radius 3 is 2.96 bits per heavy atom. The summed E-state index contributed by atoms with van der Waals surface area (Å²) in [6.07, 6.45) is 4.86. The summed E-state index contributed by atoms with van der Waals surface area (Å²) in [6.45, 7) is 8.50. The van der Waals surface area contributed by atoms with Gasteiger partial charge in [-0.1, -0.05) is 0 Å². The lowest BCUT2D eigenvalue weighted by Gasteiger charge is -2.15. The number of nitrogens with one attached hydrogen (secondary N) is 2. The van der Waals surface area contributed by atoms with Crippen molar-refractivity contribution in [2.24, 2.45) is 4.99 Å². The molecule has 2 heterocycles. The van der Waals surface area contributed by atoms with Gasteiger partial charge in [-0.2, -0.15) is 0 Å². The summed E-state index contributed by atoms with van der Waals surface area (Å²) in [4.78, 5) is 18.1. The largest absolute Gasteiger partial charge is 0.379 e. The fourth-order valence-electron chi connectivity index (χ4n) is 2.91. The van der Waals surface area contributed by atoms with Crippen LogP contribution in [0.15, 0.2) is 4.99 Å². The van der Waals surface area contributed by atoms with Gasteiger partial charge in [-0.3, -0.25) is 9.79 Å². The van der Waals surface area contributed by atoms with Crippen LogP contribution in [0.4, 0.5) is 0 Å². The van der Waals surface area contributed by atoms with E-state index in [0.29, 0.717) is 6.42 Å². The minimum absolute atomic E-state index is 0. The number of aliphatic imine (C=N–C) groups is 1. The summed E-state index contributed by atoms with van der Waals surface area (Å²) in [5.74, 6) is 1.13. The van der Waals surface area contributed by atoms with Gasteiger partial charge in [0.2, 0.25) is 5.91 Å². The number of guanidine groups is 1. The summed E-state index contributed by atoms with van der Waals surface area (Å²) in [6, 6.07) is 0. The predicted molar refractivity (Wildman–Crippen MR) is 110 cm³/mol. The highest BCUT2D eigenvalue weighted by Gasteiger charge is 2.18. The van der Waals surface area contributed by atoms with Crippen molar-refractivity contribution in [2.45, 2.75) is 45.1 Å². The van der Waals surface area contributed by atoms with Crippen molar-refractivity contribution in [1.29, 1.82) is 0 Å². The van der Waals surface area contributed by atoms with Crippen LogP contribution in [0.3, 0.4) is 0 Å². The van der Waals surface area contributed by atoms with E-state index in [0.717, 1.165) is 84.2 Å². The molecule has 0 aromatic heterocycles. The summed E-state index contributed by atoms with van der Waals surface area (Å²) in [5.41, 5.74) is 0. The van der Waals surface area contributed by atoms with Gasteiger partial charge in [-0.15, -0.1) is 24.0 Å². The normalized spacial score (nSPS) is 20.7. The van der Waals surface area contributed by atoms with Crippen molar-refractivity contribution in [3.8, 4) is 0 Å². The van der Waals surface area contributed by atoms with Gasteiger partial charge in [-0.25, -0.2) is 0 Å². The van der Waals surface area contributed by atoms with E-state index in [9.17, 15) is 4.79 Å². The highest BCUT2D eigenvalue weighted by molar-refractivity contribution is 14.0. The molecule has 0 aliphatic carbocycles. The fraction of sp³-hybridized carbons (Fsp3) is 0.882. The molecule has 1 atom stereocenters. The van der Waals surface area contributed by atoms with Crippen molar-refractivity contribution < 1.29 is 14.3 Å². The Balaban J connectivity index is 0.00000312. The van der Waals surface area contributed by atoms with Crippen molar-refractivity contribution in [3.05, 3.63) is 0 Å². The van der Waals surface area contributed by atoms with Crippen molar-refractivity contribution in [3.63, 3.8) is 0 Å². The van der Waals surface area contributed by atoms with Gasteiger partial charge in [-0.05, 0) is 32.6 Å². The molecule has 7 nitrogen and oxygen atoms in total. The lowest BCUT2D eigenvalue weighted by atomic mass is 10.3. The van der Waals surface area contributed by atoms with E-state index in [1.54, 1.807) is 0 Å². The second-order valence-electron chi connectivity index (χ2n) is 6.24. The molecule has 8 heteroatoms. The van der Waals surface area contributed by atoms with E-state index >= 15 is 0 Å². The number of ether oxygens (including phenoxy) is 2. The number of carbonyl (C=O) groups is 1. The molecule has 2 N–H and O–H groups in total. The maximum Gasteiger partial charge on any atom is 0.222 e. The Kier molecular flexibility index (Phi) is 12.2. The Bertz CT molecular complexity index is 403. The molecule has 1 amide bonds. The number of carbonyl (C=O) groups excluding carboxylic acids is 1. The van der Waals surface area contributed by atoms with Crippen LogP contribution >= 0.6 is 24.0 Å². The molecule has 0 aromatic carbocycles. The van der Waals surface area contributed by atoms with Crippen LogP contribution in [0.5, 0.6) is 0 Å². The maximum absolute atomic E-state index is 11.5. The monoisotopic (exact) mass is 468 g/mol. The summed E-state index contributed by atoms with van der Waals surface area (Å²) >= 11 is 0. The first kappa shape index (κ1) is 22.4. The Morgan fingerprint density at radius 1 is 1.40 bits per heavy atom. The third kappa shape index (κ3) is 9.05. The van der Waals surface area contributed by atoms with E-state index < -0.39 is 0 Å². The van der Waals surface area contributed by atoms with Gasteiger partial charge < -0.3 is 25.0 Å². The van der Waals surface area contributed by atoms with E-state index in [1.165, 1.54) is 0 Å². The fourth-order valence-corrected chi connectivity index (χ4v) is 2.91. The maximum atomic E-state index is 11.5. The molecule has 2 aliphatic rings. The third-order valence-electron chi connectivity index (χ3n) is 4.23. The van der Waals surface area contributed by atoms with Crippen molar-refractivity contribution in [1.82, 2.24) is 15.5 Å². The van der Waals surface area contributed by atoms with Crippen LogP contribution in [0.25, 0.3) is 0 Å². The van der Waals surface area contributed by atoms with Crippen LogP contribution in [0.1, 0.15) is 39.0 Å². The van der Waals surface area contributed by atoms with Crippen molar-refractivity contribution in [2.75, 3.05) is 52.5 Å². The second-order valence-corrected chi connectivity index (χ2v) is 6.24.